The lowest BCUT2D eigenvalue weighted by Crippen LogP contribution is -1.94. The minimum atomic E-state index is 0.0497. The van der Waals surface area contributed by atoms with Crippen molar-refractivity contribution in [2.45, 2.75) is 27.4 Å². The minimum absolute atomic E-state index is 0.0497. The van der Waals surface area contributed by atoms with Gasteiger partial charge in [-0.2, -0.15) is 0 Å². The summed E-state index contributed by atoms with van der Waals surface area (Å²) in [4.78, 5) is 4.49. The fraction of sp³-hybridized carbons (Fsp3) is 0.308. The first-order valence-electron chi connectivity index (χ1n) is 5.10. The van der Waals surface area contributed by atoms with Gasteiger partial charge in [0.25, 0.3) is 0 Å². The van der Waals surface area contributed by atoms with Crippen molar-refractivity contribution in [2.75, 3.05) is 0 Å². The summed E-state index contributed by atoms with van der Waals surface area (Å²) < 4.78 is 0. The van der Waals surface area contributed by atoms with Crippen LogP contribution < -0.4 is 0 Å². The molecule has 0 spiro atoms. The molecule has 1 aromatic heterocycles. The fourth-order valence-electron chi connectivity index (χ4n) is 2.01. The monoisotopic (exact) mass is 201 g/mol. The van der Waals surface area contributed by atoms with Crippen molar-refractivity contribution >= 4 is 10.9 Å². The Hall–Kier alpha value is -1.41. The van der Waals surface area contributed by atoms with Crippen LogP contribution in [0.15, 0.2) is 18.2 Å². The zero-order chi connectivity index (χ0) is 11.0. The summed E-state index contributed by atoms with van der Waals surface area (Å²) in [6.07, 6.45) is 0. The third kappa shape index (κ3) is 1.73. The number of rotatable bonds is 1. The van der Waals surface area contributed by atoms with Crippen molar-refractivity contribution in [2.24, 2.45) is 0 Å². The molecule has 2 nitrogen and oxygen atoms in total. The second kappa shape index (κ2) is 3.63. The van der Waals surface area contributed by atoms with Crippen molar-refractivity contribution in [3.8, 4) is 0 Å². The van der Waals surface area contributed by atoms with E-state index < -0.39 is 0 Å². The van der Waals surface area contributed by atoms with Crippen molar-refractivity contribution in [3.05, 3.63) is 40.6 Å². The molecular formula is C13H15NO. The normalized spacial score (nSPS) is 10.9. The maximum absolute atomic E-state index is 9.30. The zero-order valence-corrected chi connectivity index (χ0v) is 9.33. The van der Waals surface area contributed by atoms with Crippen LogP contribution in [0, 0.1) is 20.8 Å². The number of hydrogen-bond acceptors (Lipinski definition) is 2. The van der Waals surface area contributed by atoms with Gasteiger partial charge in [-0.25, -0.2) is 0 Å². The highest BCUT2D eigenvalue weighted by molar-refractivity contribution is 5.85. The van der Waals surface area contributed by atoms with E-state index in [0.29, 0.717) is 0 Å². The van der Waals surface area contributed by atoms with Gasteiger partial charge >= 0.3 is 0 Å². The summed E-state index contributed by atoms with van der Waals surface area (Å²) >= 11 is 0. The predicted molar refractivity (Wildman–Crippen MR) is 61.9 cm³/mol. The van der Waals surface area contributed by atoms with Gasteiger partial charge in [0.1, 0.15) is 0 Å². The topological polar surface area (TPSA) is 33.1 Å². The third-order valence-corrected chi connectivity index (χ3v) is 2.64. The Morgan fingerprint density at radius 1 is 1.13 bits per heavy atom. The Balaban J connectivity index is 2.89. The maximum atomic E-state index is 9.30. The highest BCUT2D eigenvalue weighted by Gasteiger charge is 2.06. The van der Waals surface area contributed by atoms with Gasteiger partial charge in [-0.15, -0.1) is 0 Å². The smallest absolute Gasteiger partial charge is 0.0763 e. The van der Waals surface area contributed by atoms with Gasteiger partial charge in [-0.3, -0.25) is 4.98 Å². The summed E-state index contributed by atoms with van der Waals surface area (Å²) in [5.74, 6) is 0. The highest BCUT2D eigenvalue weighted by Crippen LogP contribution is 2.23. The van der Waals surface area contributed by atoms with Crippen LogP contribution >= 0.6 is 0 Å². The summed E-state index contributed by atoms with van der Waals surface area (Å²) in [6, 6.07) is 6.19. The van der Waals surface area contributed by atoms with Crippen LogP contribution in [-0.2, 0) is 6.61 Å². The van der Waals surface area contributed by atoms with E-state index in [0.717, 1.165) is 22.2 Å². The number of aliphatic hydroxyl groups excluding tert-OH is 1. The Kier molecular flexibility index (Phi) is 2.45. The van der Waals surface area contributed by atoms with Crippen molar-refractivity contribution < 1.29 is 5.11 Å². The van der Waals surface area contributed by atoms with E-state index in [1.165, 1.54) is 11.1 Å². The molecule has 0 bridgehead atoms. The van der Waals surface area contributed by atoms with Gasteiger partial charge in [0.15, 0.2) is 0 Å². The molecule has 0 atom stereocenters. The van der Waals surface area contributed by atoms with E-state index in [-0.39, 0.29) is 6.61 Å². The van der Waals surface area contributed by atoms with Crippen LogP contribution in [0.1, 0.15) is 22.4 Å². The van der Waals surface area contributed by atoms with E-state index in [9.17, 15) is 5.11 Å². The number of nitrogens with zero attached hydrogens (tertiary/aromatic N) is 1. The van der Waals surface area contributed by atoms with Gasteiger partial charge in [0.05, 0.1) is 12.1 Å². The van der Waals surface area contributed by atoms with Crippen molar-refractivity contribution in [1.82, 2.24) is 4.98 Å². The molecule has 0 aliphatic carbocycles. The van der Waals surface area contributed by atoms with E-state index in [4.69, 9.17) is 0 Å². The molecule has 0 aliphatic heterocycles. The average Bonchev–Trinajstić information content (AvgIpc) is 2.18. The van der Waals surface area contributed by atoms with E-state index in [2.05, 4.69) is 24.0 Å². The average molecular weight is 201 g/mol. The molecule has 0 aliphatic rings. The SMILES string of the molecule is Cc1cc(CO)c2nc(C)cc(C)c2c1. The van der Waals surface area contributed by atoms with Crippen LogP contribution in [0.5, 0.6) is 0 Å². The Morgan fingerprint density at radius 3 is 2.53 bits per heavy atom. The molecule has 1 N–H and O–H groups in total. The first kappa shape index (κ1) is 10.1. The lowest BCUT2D eigenvalue weighted by atomic mass is 10.0. The van der Waals surface area contributed by atoms with Gasteiger partial charge in [0, 0.05) is 16.6 Å². The molecule has 0 fully saturated rings. The quantitative estimate of drug-likeness (QED) is 0.769. The Bertz CT molecular complexity index is 517. The standard InChI is InChI=1S/C13H15NO/c1-8-4-11(7-15)13-12(5-8)9(2)6-10(3)14-13/h4-6,15H,7H2,1-3H3. The molecule has 2 rings (SSSR count). The first-order valence-corrected chi connectivity index (χ1v) is 5.10. The summed E-state index contributed by atoms with van der Waals surface area (Å²) in [5.41, 5.74) is 5.23. The van der Waals surface area contributed by atoms with Crippen molar-refractivity contribution in [1.29, 1.82) is 0 Å². The molecule has 1 heterocycles. The van der Waals surface area contributed by atoms with E-state index in [1.807, 2.05) is 19.9 Å². The summed E-state index contributed by atoms with van der Waals surface area (Å²) in [5, 5.41) is 10.4. The molecule has 0 unspecified atom stereocenters. The van der Waals surface area contributed by atoms with Crippen LogP contribution in [0.25, 0.3) is 10.9 Å². The number of aryl methyl sites for hydroxylation is 3. The third-order valence-electron chi connectivity index (χ3n) is 2.64. The predicted octanol–water partition coefficient (Wildman–Crippen LogP) is 2.65. The molecule has 2 heteroatoms. The molecular weight excluding hydrogens is 186 g/mol. The molecule has 78 valence electrons. The molecule has 15 heavy (non-hydrogen) atoms. The number of aliphatic hydroxyl groups is 1. The fourth-order valence-corrected chi connectivity index (χ4v) is 2.01. The summed E-state index contributed by atoms with van der Waals surface area (Å²) in [6.45, 7) is 6.15. The van der Waals surface area contributed by atoms with E-state index in [1.54, 1.807) is 0 Å². The van der Waals surface area contributed by atoms with E-state index >= 15 is 0 Å². The molecule has 1 aromatic carbocycles. The van der Waals surface area contributed by atoms with Crippen LogP contribution in [0.4, 0.5) is 0 Å². The van der Waals surface area contributed by atoms with Gasteiger partial charge in [-0.05, 0) is 38.5 Å². The van der Waals surface area contributed by atoms with Gasteiger partial charge < -0.3 is 5.11 Å². The zero-order valence-electron chi connectivity index (χ0n) is 9.33. The summed E-state index contributed by atoms with van der Waals surface area (Å²) in [7, 11) is 0. The Morgan fingerprint density at radius 2 is 1.87 bits per heavy atom. The lowest BCUT2D eigenvalue weighted by molar-refractivity contribution is 0.283. The molecule has 0 radical (unpaired) electrons. The number of benzene rings is 1. The molecule has 2 aromatic rings. The molecule has 0 saturated heterocycles. The van der Waals surface area contributed by atoms with Crippen LogP contribution in [0.2, 0.25) is 0 Å². The Labute approximate surface area is 89.6 Å². The van der Waals surface area contributed by atoms with Crippen LogP contribution in [0.3, 0.4) is 0 Å². The van der Waals surface area contributed by atoms with Gasteiger partial charge in [0.2, 0.25) is 0 Å². The molecule has 0 saturated carbocycles. The number of pyridine rings is 1. The van der Waals surface area contributed by atoms with Gasteiger partial charge in [-0.1, -0.05) is 11.6 Å². The second-order valence-corrected chi connectivity index (χ2v) is 4.06. The highest BCUT2D eigenvalue weighted by atomic mass is 16.3. The maximum Gasteiger partial charge on any atom is 0.0763 e. The number of hydrogen-bond donors (Lipinski definition) is 1. The molecule has 0 amide bonds. The van der Waals surface area contributed by atoms with Crippen LogP contribution in [-0.4, -0.2) is 10.1 Å². The first-order chi connectivity index (χ1) is 7.11. The lowest BCUT2D eigenvalue weighted by Gasteiger charge is -2.08. The number of fused-ring (bicyclic) bond motifs is 1. The second-order valence-electron chi connectivity index (χ2n) is 4.06. The number of aromatic nitrogens is 1. The minimum Gasteiger partial charge on any atom is -0.392 e. The van der Waals surface area contributed by atoms with Crippen molar-refractivity contribution in [3.63, 3.8) is 0 Å². The largest absolute Gasteiger partial charge is 0.392 e.